The summed E-state index contributed by atoms with van der Waals surface area (Å²) in [6, 6.07) is 3.93. The third-order valence-electron chi connectivity index (χ3n) is 2.99. The SMILES string of the molecule is Cc1ccc(F)c(S(=O)(=O)N[C@H]2CCCNC2)c1.Cl. The number of piperidine rings is 1. The van der Waals surface area contributed by atoms with Gasteiger partial charge in [-0.1, -0.05) is 6.07 Å². The van der Waals surface area contributed by atoms with Crippen LogP contribution in [-0.2, 0) is 10.0 Å². The Bertz CT molecular complexity index is 531. The van der Waals surface area contributed by atoms with Crippen molar-refractivity contribution >= 4 is 22.4 Å². The van der Waals surface area contributed by atoms with Crippen LogP contribution in [0.5, 0.6) is 0 Å². The summed E-state index contributed by atoms with van der Waals surface area (Å²) in [5.41, 5.74) is 0.721. The van der Waals surface area contributed by atoms with Crippen molar-refractivity contribution in [2.45, 2.75) is 30.7 Å². The average Bonchev–Trinajstić information content (AvgIpc) is 2.33. The highest BCUT2D eigenvalue weighted by Gasteiger charge is 2.24. The maximum absolute atomic E-state index is 13.6. The molecule has 0 bridgehead atoms. The number of aryl methyl sites for hydroxylation is 1. The van der Waals surface area contributed by atoms with E-state index in [4.69, 9.17) is 0 Å². The molecule has 0 aromatic heterocycles. The number of hydrogen-bond donors (Lipinski definition) is 2. The lowest BCUT2D eigenvalue weighted by atomic mass is 10.1. The van der Waals surface area contributed by atoms with E-state index in [1.807, 2.05) is 0 Å². The summed E-state index contributed by atoms with van der Waals surface area (Å²) in [5, 5.41) is 3.11. The Labute approximate surface area is 119 Å². The molecular formula is C12H18ClFN2O2S. The van der Waals surface area contributed by atoms with Gasteiger partial charge in [-0.15, -0.1) is 12.4 Å². The first-order valence-corrected chi connectivity index (χ1v) is 7.46. The zero-order valence-electron chi connectivity index (χ0n) is 10.6. The van der Waals surface area contributed by atoms with Gasteiger partial charge in [0, 0.05) is 12.6 Å². The van der Waals surface area contributed by atoms with Gasteiger partial charge in [0.2, 0.25) is 10.0 Å². The number of rotatable bonds is 3. The van der Waals surface area contributed by atoms with Gasteiger partial charge in [-0.2, -0.15) is 0 Å². The predicted octanol–water partition coefficient (Wildman–Crippen LogP) is 1.59. The fraction of sp³-hybridized carbons (Fsp3) is 0.500. The van der Waals surface area contributed by atoms with Crippen LogP contribution in [-0.4, -0.2) is 27.5 Å². The summed E-state index contributed by atoms with van der Waals surface area (Å²) in [6.07, 6.45) is 1.70. The van der Waals surface area contributed by atoms with Crippen molar-refractivity contribution in [3.05, 3.63) is 29.6 Å². The number of benzene rings is 1. The van der Waals surface area contributed by atoms with E-state index < -0.39 is 15.8 Å². The van der Waals surface area contributed by atoms with Crippen molar-refractivity contribution in [1.29, 1.82) is 0 Å². The van der Waals surface area contributed by atoms with Crippen LogP contribution in [0.1, 0.15) is 18.4 Å². The molecule has 108 valence electrons. The van der Waals surface area contributed by atoms with Gasteiger partial charge in [0.05, 0.1) is 0 Å². The Hall–Kier alpha value is -0.690. The molecule has 0 saturated carbocycles. The van der Waals surface area contributed by atoms with Crippen molar-refractivity contribution in [2.24, 2.45) is 0 Å². The van der Waals surface area contributed by atoms with Crippen molar-refractivity contribution in [3.8, 4) is 0 Å². The van der Waals surface area contributed by atoms with Gasteiger partial charge < -0.3 is 5.32 Å². The maximum Gasteiger partial charge on any atom is 0.243 e. The Morgan fingerprint density at radius 3 is 2.79 bits per heavy atom. The van der Waals surface area contributed by atoms with Crippen LogP contribution in [0, 0.1) is 12.7 Å². The number of hydrogen-bond acceptors (Lipinski definition) is 3. The summed E-state index contributed by atoms with van der Waals surface area (Å²) < 4.78 is 40.3. The molecule has 19 heavy (non-hydrogen) atoms. The van der Waals surface area contributed by atoms with E-state index in [-0.39, 0.29) is 23.3 Å². The van der Waals surface area contributed by atoms with Gasteiger partial charge in [0.15, 0.2) is 0 Å². The second kappa shape index (κ2) is 6.65. The van der Waals surface area contributed by atoms with E-state index in [2.05, 4.69) is 10.0 Å². The Balaban J connectivity index is 0.00000180. The van der Waals surface area contributed by atoms with Gasteiger partial charge in [-0.3, -0.25) is 0 Å². The zero-order valence-corrected chi connectivity index (χ0v) is 12.3. The Morgan fingerprint density at radius 2 is 2.16 bits per heavy atom. The van der Waals surface area contributed by atoms with E-state index in [0.717, 1.165) is 24.9 Å². The topological polar surface area (TPSA) is 58.2 Å². The molecule has 0 aliphatic carbocycles. The van der Waals surface area contributed by atoms with Gasteiger partial charge in [0.25, 0.3) is 0 Å². The Morgan fingerprint density at radius 1 is 1.42 bits per heavy atom. The largest absolute Gasteiger partial charge is 0.315 e. The van der Waals surface area contributed by atoms with E-state index in [9.17, 15) is 12.8 Å². The molecule has 1 fully saturated rings. The highest BCUT2D eigenvalue weighted by molar-refractivity contribution is 7.89. The molecule has 1 atom stereocenters. The zero-order chi connectivity index (χ0) is 13.2. The van der Waals surface area contributed by atoms with Gasteiger partial charge in [-0.25, -0.2) is 17.5 Å². The summed E-state index contributed by atoms with van der Waals surface area (Å²) in [4.78, 5) is -0.270. The smallest absolute Gasteiger partial charge is 0.243 e. The molecule has 4 nitrogen and oxygen atoms in total. The minimum atomic E-state index is -3.78. The summed E-state index contributed by atoms with van der Waals surface area (Å²) >= 11 is 0. The summed E-state index contributed by atoms with van der Waals surface area (Å²) in [7, 11) is -3.78. The molecule has 2 N–H and O–H groups in total. The standard InChI is InChI=1S/C12H17FN2O2S.ClH/c1-9-4-5-11(13)12(7-9)18(16,17)15-10-3-2-6-14-8-10;/h4-5,7,10,14-15H,2-3,6,8H2,1H3;1H/t10-;/m0./s1. The van der Waals surface area contributed by atoms with Crippen LogP contribution in [0.4, 0.5) is 4.39 Å². The third-order valence-corrected chi connectivity index (χ3v) is 4.53. The second-order valence-corrected chi connectivity index (χ2v) is 6.28. The number of nitrogens with one attached hydrogen (secondary N) is 2. The molecule has 0 radical (unpaired) electrons. The monoisotopic (exact) mass is 308 g/mol. The lowest BCUT2D eigenvalue weighted by molar-refractivity contribution is 0.427. The second-order valence-electron chi connectivity index (χ2n) is 4.60. The lowest BCUT2D eigenvalue weighted by Crippen LogP contribution is -2.45. The molecule has 1 aliphatic heterocycles. The third kappa shape index (κ3) is 4.14. The van der Waals surface area contributed by atoms with Gasteiger partial charge >= 0.3 is 0 Å². The minimum Gasteiger partial charge on any atom is -0.315 e. The molecule has 1 saturated heterocycles. The molecular weight excluding hydrogens is 291 g/mol. The fourth-order valence-corrected chi connectivity index (χ4v) is 3.48. The lowest BCUT2D eigenvalue weighted by Gasteiger charge is -2.23. The maximum atomic E-state index is 13.6. The van der Waals surface area contributed by atoms with Gasteiger partial charge in [-0.05, 0) is 44.0 Å². The molecule has 1 heterocycles. The normalized spacial score (nSPS) is 19.8. The molecule has 0 spiro atoms. The first kappa shape index (κ1) is 16.4. The highest BCUT2D eigenvalue weighted by atomic mass is 35.5. The Kier molecular flexibility index (Phi) is 5.73. The van der Waals surface area contributed by atoms with Crippen LogP contribution >= 0.6 is 12.4 Å². The van der Waals surface area contributed by atoms with Crippen LogP contribution in [0.15, 0.2) is 23.1 Å². The van der Waals surface area contributed by atoms with E-state index >= 15 is 0 Å². The molecule has 7 heteroatoms. The fourth-order valence-electron chi connectivity index (χ4n) is 2.05. The quantitative estimate of drug-likeness (QED) is 0.891. The van der Waals surface area contributed by atoms with Crippen molar-refractivity contribution in [1.82, 2.24) is 10.0 Å². The average molecular weight is 309 g/mol. The predicted molar refractivity (Wildman–Crippen MR) is 74.6 cm³/mol. The highest BCUT2D eigenvalue weighted by Crippen LogP contribution is 2.17. The van der Waals surface area contributed by atoms with Crippen molar-refractivity contribution < 1.29 is 12.8 Å². The molecule has 1 aromatic rings. The number of halogens is 2. The first-order valence-electron chi connectivity index (χ1n) is 5.98. The van der Waals surface area contributed by atoms with Crippen LogP contribution in [0.25, 0.3) is 0 Å². The van der Waals surface area contributed by atoms with E-state index in [1.165, 1.54) is 12.1 Å². The summed E-state index contributed by atoms with van der Waals surface area (Å²) in [5.74, 6) is -0.711. The van der Waals surface area contributed by atoms with E-state index in [0.29, 0.717) is 6.54 Å². The van der Waals surface area contributed by atoms with Crippen LogP contribution < -0.4 is 10.0 Å². The molecule has 1 aromatic carbocycles. The van der Waals surface area contributed by atoms with Crippen LogP contribution in [0.3, 0.4) is 0 Å². The van der Waals surface area contributed by atoms with Crippen molar-refractivity contribution in [3.63, 3.8) is 0 Å². The first-order chi connectivity index (χ1) is 8.49. The minimum absolute atomic E-state index is 0. The molecule has 0 unspecified atom stereocenters. The number of sulfonamides is 1. The van der Waals surface area contributed by atoms with Gasteiger partial charge in [0.1, 0.15) is 10.7 Å². The summed E-state index contributed by atoms with van der Waals surface area (Å²) in [6.45, 7) is 3.23. The van der Waals surface area contributed by atoms with Crippen molar-refractivity contribution in [2.75, 3.05) is 13.1 Å². The molecule has 2 rings (SSSR count). The van der Waals surface area contributed by atoms with Crippen LogP contribution in [0.2, 0.25) is 0 Å². The molecule has 1 aliphatic rings. The van der Waals surface area contributed by atoms with E-state index in [1.54, 1.807) is 13.0 Å². The molecule has 0 amide bonds.